The van der Waals surface area contributed by atoms with Gasteiger partial charge in [0, 0.05) is 20.5 Å². The molecular formula is C16H19N3O. The molecule has 0 aliphatic carbocycles. The van der Waals surface area contributed by atoms with Gasteiger partial charge in [0.2, 0.25) is 5.91 Å². The lowest BCUT2D eigenvalue weighted by Crippen LogP contribution is -2.14. The molecule has 0 spiro atoms. The van der Waals surface area contributed by atoms with E-state index in [-0.39, 0.29) is 5.91 Å². The molecule has 1 N–H and O–H groups in total. The van der Waals surface area contributed by atoms with Gasteiger partial charge in [0.1, 0.15) is 5.82 Å². The summed E-state index contributed by atoms with van der Waals surface area (Å²) in [5.74, 6) is 0.876. The van der Waals surface area contributed by atoms with Gasteiger partial charge in [0.25, 0.3) is 0 Å². The van der Waals surface area contributed by atoms with Crippen molar-refractivity contribution in [3.63, 3.8) is 0 Å². The Morgan fingerprint density at radius 2 is 1.90 bits per heavy atom. The van der Waals surface area contributed by atoms with E-state index in [4.69, 9.17) is 0 Å². The number of pyridine rings is 1. The van der Waals surface area contributed by atoms with Crippen molar-refractivity contribution in [1.82, 2.24) is 4.98 Å². The molecule has 0 radical (unpaired) electrons. The maximum absolute atomic E-state index is 11.9. The van der Waals surface area contributed by atoms with E-state index in [9.17, 15) is 4.79 Å². The third-order valence-electron chi connectivity index (χ3n) is 2.97. The fourth-order valence-corrected chi connectivity index (χ4v) is 1.85. The average molecular weight is 269 g/mol. The zero-order valence-corrected chi connectivity index (χ0v) is 11.8. The number of hydrogen-bond acceptors (Lipinski definition) is 3. The Hall–Kier alpha value is -2.36. The molecule has 0 fully saturated rings. The third kappa shape index (κ3) is 4.09. The van der Waals surface area contributed by atoms with Gasteiger partial charge in [-0.25, -0.2) is 4.98 Å². The van der Waals surface area contributed by atoms with E-state index in [1.54, 1.807) is 6.20 Å². The molecule has 0 aliphatic rings. The number of aromatic nitrogens is 1. The first kappa shape index (κ1) is 14.1. The van der Waals surface area contributed by atoms with Gasteiger partial charge in [-0.1, -0.05) is 30.3 Å². The number of rotatable bonds is 5. The van der Waals surface area contributed by atoms with Gasteiger partial charge in [-0.15, -0.1) is 0 Å². The van der Waals surface area contributed by atoms with Crippen LogP contribution in [0.25, 0.3) is 0 Å². The van der Waals surface area contributed by atoms with Gasteiger partial charge in [-0.3, -0.25) is 4.79 Å². The second-order valence-electron chi connectivity index (χ2n) is 4.83. The number of nitrogens with one attached hydrogen (secondary N) is 1. The van der Waals surface area contributed by atoms with Crippen LogP contribution in [0, 0.1) is 0 Å². The highest BCUT2D eigenvalue weighted by molar-refractivity contribution is 5.90. The van der Waals surface area contributed by atoms with Crippen LogP contribution in [0.3, 0.4) is 0 Å². The van der Waals surface area contributed by atoms with E-state index in [1.807, 2.05) is 61.5 Å². The standard InChI is InChI=1S/C16H19N3O/c1-19(2)15-10-9-14(12-17-15)18-16(20)11-8-13-6-4-3-5-7-13/h3-7,9-10,12H,8,11H2,1-2H3,(H,18,20). The highest BCUT2D eigenvalue weighted by Crippen LogP contribution is 2.12. The van der Waals surface area contributed by atoms with Crippen LogP contribution in [0.5, 0.6) is 0 Å². The number of benzene rings is 1. The summed E-state index contributed by atoms with van der Waals surface area (Å²) >= 11 is 0. The van der Waals surface area contributed by atoms with E-state index in [0.717, 1.165) is 17.9 Å². The van der Waals surface area contributed by atoms with Crippen LogP contribution in [-0.2, 0) is 11.2 Å². The molecular weight excluding hydrogens is 250 g/mol. The molecule has 1 amide bonds. The van der Waals surface area contributed by atoms with E-state index in [1.165, 1.54) is 5.56 Å². The average Bonchev–Trinajstić information content (AvgIpc) is 2.47. The van der Waals surface area contributed by atoms with Crippen molar-refractivity contribution in [2.24, 2.45) is 0 Å². The summed E-state index contributed by atoms with van der Waals surface area (Å²) in [6.45, 7) is 0. The first-order chi connectivity index (χ1) is 9.65. The Kier molecular flexibility index (Phi) is 4.71. The Balaban J connectivity index is 1.85. The quantitative estimate of drug-likeness (QED) is 0.907. The second-order valence-corrected chi connectivity index (χ2v) is 4.83. The summed E-state index contributed by atoms with van der Waals surface area (Å²) in [7, 11) is 3.86. The van der Waals surface area contributed by atoms with Gasteiger partial charge in [-0.2, -0.15) is 0 Å². The SMILES string of the molecule is CN(C)c1ccc(NC(=O)CCc2ccccc2)cn1. The molecule has 4 heteroatoms. The second kappa shape index (κ2) is 6.70. The lowest BCUT2D eigenvalue weighted by molar-refractivity contribution is -0.116. The van der Waals surface area contributed by atoms with E-state index in [0.29, 0.717) is 6.42 Å². The van der Waals surface area contributed by atoms with Crippen molar-refractivity contribution >= 4 is 17.4 Å². The van der Waals surface area contributed by atoms with Gasteiger partial charge >= 0.3 is 0 Å². The molecule has 0 saturated heterocycles. The maximum atomic E-state index is 11.9. The van der Waals surface area contributed by atoms with E-state index in [2.05, 4.69) is 10.3 Å². The van der Waals surface area contributed by atoms with Crippen molar-refractivity contribution < 1.29 is 4.79 Å². The van der Waals surface area contributed by atoms with Gasteiger partial charge < -0.3 is 10.2 Å². The summed E-state index contributed by atoms with van der Waals surface area (Å²) in [4.78, 5) is 18.0. The fourth-order valence-electron chi connectivity index (χ4n) is 1.85. The van der Waals surface area contributed by atoms with Crippen LogP contribution in [0.4, 0.5) is 11.5 Å². The summed E-state index contributed by atoms with van der Waals surface area (Å²) in [6, 6.07) is 13.7. The van der Waals surface area contributed by atoms with Crippen molar-refractivity contribution in [3.05, 3.63) is 54.2 Å². The van der Waals surface area contributed by atoms with Gasteiger partial charge in [0.05, 0.1) is 11.9 Å². The normalized spacial score (nSPS) is 10.1. The molecule has 0 saturated carbocycles. The lowest BCUT2D eigenvalue weighted by atomic mass is 10.1. The van der Waals surface area contributed by atoms with Gasteiger partial charge in [-0.05, 0) is 24.1 Å². The molecule has 104 valence electrons. The van der Waals surface area contributed by atoms with Crippen molar-refractivity contribution in [3.8, 4) is 0 Å². The maximum Gasteiger partial charge on any atom is 0.224 e. The number of carbonyl (C=O) groups is 1. The Bertz CT molecular complexity index is 550. The van der Waals surface area contributed by atoms with Gasteiger partial charge in [0.15, 0.2) is 0 Å². The molecule has 0 bridgehead atoms. The minimum Gasteiger partial charge on any atom is -0.363 e. The Morgan fingerprint density at radius 1 is 1.15 bits per heavy atom. The monoisotopic (exact) mass is 269 g/mol. The molecule has 1 heterocycles. The first-order valence-corrected chi connectivity index (χ1v) is 6.62. The van der Waals surface area contributed by atoms with E-state index >= 15 is 0 Å². The summed E-state index contributed by atoms with van der Waals surface area (Å²) in [5.41, 5.74) is 1.90. The molecule has 1 aromatic carbocycles. The summed E-state index contributed by atoms with van der Waals surface area (Å²) in [6.07, 6.45) is 2.89. The number of aryl methyl sites for hydroxylation is 1. The number of nitrogens with zero attached hydrogens (tertiary/aromatic N) is 2. The predicted octanol–water partition coefficient (Wildman–Crippen LogP) is 2.72. The lowest BCUT2D eigenvalue weighted by Gasteiger charge is -2.11. The molecule has 1 aromatic heterocycles. The van der Waals surface area contributed by atoms with Crippen LogP contribution in [0.2, 0.25) is 0 Å². The minimum absolute atomic E-state index is 0.00764. The van der Waals surface area contributed by atoms with Crippen LogP contribution >= 0.6 is 0 Å². The van der Waals surface area contributed by atoms with Crippen LogP contribution in [-0.4, -0.2) is 25.0 Å². The topological polar surface area (TPSA) is 45.2 Å². The van der Waals surface area contributed by atoms with Crippen LogP contribution in [0.15, 0.2) is 48.7 Å². The Labute approximate surface area is 119 Å². The van der Waals surface area contributed by atoms with Crippen molar-refractivity contribution in [1.29, 1.82) is 0 Å². The summed E-state index contributed by atoms with van der Waals surface area (Å²) in [5, 5.41) is 2.86. The number of anilines is 2. The molecule has 0 atom stereocenters. The molecule has 2 rings (SSSR count). The van der Waals surface area contributed by atoms with Crippen LogP contribution < -0.4 is 10.2 Å². The molecule has 2 aromatic rings. The third-order valence-corrected chi connectivity index (χ3v) is 2.97. The molecule has 4 nitrogen and oxygen atoms in total. The first-order valence-electron chi connectivity index (χ1n) is 6.62. The molecule has 0 unspecified atom stereocenters. The fraction of sp³-hybridized carbons (Fsp3) is 0.250. The number of amides is 1. The smallest absolute Gasteiger partial charge is 0.224 e. The van der Waals surface area contributed by atoms with Crippen molar-refractivity contribution in [2.45, 2.75) is 12.8 Å². The Morgan fingerprint density at radius 3 is 2.50 bits per heavy atom. The zero-order valence-electron chi connectivity index (χ0n) is 11.8. The zero-order chi connectivity index (χ0) is 14.4. The predicted molar refractivity (Wildman–Crippen MR) is 82.0 cm³/mol. The summed E-state index contributed by atoms with van der Waals surface area (Å²) < 4.78 is 0. The number of carbonyl (C=O) groups excluding carboxylic acids is 1. The molecule has 20 heavy (non-hydrogen) atoms. The largest absolute Gasteiger partial charge is 0.363 e. The number of hydrogen-bond donors (Lipinski definition) is 1. The highest BCUT2D eigenvalue weighted by Gasteiger charge is 2.04. The molecule has 0 aliphatic heterocycles. The highest BCUT2D eigenvalue weighted by atomic mass is 16.1. The van der Waals surface area contributed by atoms with E-state index < -0.39 is 0 Å². The minimum atomic E-state index is 0.00764. The van der Waals surface area contributed by atoms with Crippen LogP contribution in [0.1, 0.15) is 12.0 Å². The van der Waals surface area contributed by atoms with Crippen molar-refractivity contribution in [2.75, 3.05) is 24.3 Å².